The van der Waals surface area contributed by atoms with Gasteiger partial charge in [0, 0.05) is 42.9 Å². The van der Waals surface area contributed by atoms with E-state index in [1.165, 1.54) is 12.5 Å². The van der Waals surface area contributed by atoms with Gasteiger partial charge in [-0.2, -0.15) is 0 Å². The zero-order chi connectivity index (χ0) is 25.4. The molecular formula is C29H29N7O. The summed E-state index contributed by atoms with van der Waals surface area (Å²) < 4.78 is 0. The predicted molar refractivity (Wildman–Crippen MR) is 147 cm³/mol. The van der Waals surface area contributed by atoms with E-state index in [0.717, 1.165) is 76.9 Å². The summed E-state index contributed by atoms with van der Waals surface area (Å²) in [5.41, 5.74) is 6.82. The molecule has 0 spiro atoms. The van der Waals surface area contributed by atoms with E-state index in [0.29, 0.717) is 5.92 Å². The van der Waals surface area contributed by atoms with Crippen molar-refractivity contribution in [2.24, 2.45) is 0 Å². The monoisotopic (exact) mass is 491 g/mol. The summed E-state index contributed by atoms with van der Waals surface area (Å²) in [5.74, 6) is 2.32. The maximum atomic E-state index is 11.5. The number of nitrogens with one attached hydrogen (secondary N) is 3. The molecule has 0 radical (unpaired) electrons. The van der Waals surface area contributed by atoms with Crippen LogP contribution in [0, 0.1) is 6.92 Å². The molecule has 8 heteroatoms. The Kier molecular flexibility index (Phi) is 5.92. The smallest absolute Gasteiger partial charge is 0.221 e. The van der Waals surface area contributed by atoms with E-state index in [1.54, 1.807) is 6.33 Å². The lowest BCUT2D eigenvalue weighted by molar-refractivity contribution is -0.114. The maximum Gasteiger partial charge on any atom is 0.221 e. The molecule has 0 aliphatic carbocycles. The zero-order valence-corrected chi connectivity index (χ0v) is 21.0. The molecule has 0 bridgehead atoms. The van der Waals surface area contributed by atoms with Gasteiger partial charge >= 0.3 is 0 Å². The first-order chi connectivity index (χ1) is 18.0. The molecule has 1 aliphatic rings. The number of amides is 1. The summed E-state index contributed by atoms with van der Waals surface area (Å²) in [6, 6.07) is 20.3. The lowest BCUT2D eigenvalue weighted by Crippen LogP contribution is -2.33. The number of rotatable bonds is 5. The van der Waals surface area contributed by atoms with Gasteiger partial charge in [-0.3, -0.25) is 4.79 Å². The summed E-state index contributed by atoms with van der Waals surface area (Å²) in [7, 11) is 0. The molecule has 8 nitrogen and oxygen atoms in total. The Morgan fingerprint density at radius 3 is 2.54 bits per heavy atom. The first-order valence-corrected chi connectivity index (χ1v) is 12.6. The van der Waals surface area contributed by atoms with Crippen molar-refractivity contribution in [2.45, 2.75) is 32.6 Å². The Bertz CT molecular complexity index is 1560. The number of H-pyrrole nitrogens is 2. The highest BCUT2D eigenvalue weighted by atomic mass is 16.1. The van der Waals surface area contributed by atoms with Gasteiger partial charge in [0.25, 0.3) is 0 Å². The van der Waals surface area contributed by atoms with E-state index in [2.05, 4.69) is 67.4 Å². The fraction of sp³-hybridized carbons (Fsp3) is 0.241. The van der Waals surface area contributed by atoms with Crippen LogP contribution >= 0.6 is 0 Å². The summed E-state index contributed by atoms with van der Waals surface area (Å²) in [4.78, 5) is 34.9. The van der Waals surface area contributed by atoms with E-state index in [4.69, 9.17) is 4.98 Å². The van der Waals surface area contributed by atoms with Gasteiger partial charge in [0.05, 0.1) is 16.8 Å². The molecule has 4 heterocycles. The number of carbonyl (C=O) groups is 1. The molecular weight excluding hydrogens is 462 g/mol. The van der Waals surface area contributed by atoms with Crippen LogP contribution in [-0.2, 0) is 4.79 Å². The Balaban J connectivity index is 1.21. The van der Waals surface area contributed by atoms with Crippen molar-refractivity contribution >= 4 is 28.4 Å². The topological polar surface area (TPSA) is 103 Å². The van der Waals surface area contributed by atoms with Crippen molar-refractivity contribution in [3.8, 4) is 22.5 Å². The normalized spacial score (nSPS) is 14.3. The number of carbonyl (C=O) groups excluding carboxylic acids is 1. The third-order valence-corrected chi connectivity index (χ3v) is 7.05. The van der Waals surface area contributed by atoms with E-state index < -0.39 is 0 Å². The maximum absolute atomic E-state index is 11.5. The molecule has 1 saturated heterocycles. The van der Waals surface area contributed by atoms with Crippen LogP contribution in [0.15, 0.2) is 67.0 Å². The molecule has 1 fully saturated rings. The molecule has 186 valence electrons. The van der Waals surface area contributed by atoms with Gasteiger partial charge in [-0.05, 0) is 43.5 Å². The fourth-order valence-electron chi connectivity index (χ4n) is 5.23. The Labute approximate surface area is 215 Å². The first kappa shape index (κ1) is 23.0. The van der Waals surface area contributed by atoms with Gasteiger partial charge in [-0.15, -0.1) is 0 Å². The van der Waals surface area contributed by atoms with Crippen LogP contribution in [0.3, 0.4) is 0 Å². The van der Waals surface area contributed by atoms with Gasteiger partial charge in [-0.1, -0.05) is 42.5 Å². The van der Waals surface area contributed by atoms with Gasteiger partial charge in [-0.25, -0.2) is 15.0 Å². The standard InChI is InChI=1S/C29H29N7O/c1-18-26(20-7-4-3-5-8-20)35-27(32-18)21-11-13-36(14-12-21)29-24-16-25(34-28(24)30-17-31-29)22-9-6-10-23(15-22)33-19(2)37/h3-10,15-17,21H,11-14H2,1-2H3,(H,32,35)(H,33,37)(H,30,31,34). The van der Waals surface area contributed by atoms with Crippen LogP contribution in [-0.4, -0.2) is 43.9 Å². The molecule has 0 saturated carbocycles. The van der Waals surface area contributed by atoms with E-state index >= 15 is 0 Å². The second kappa shape index (κ2) is 9.54. The SMILES string of the molecule is CC(=O)Nc1cccc(-c2cc3c(N4CCC(c5nc(C)c(-c6ccccc6)[nH]5)CC4)ncnc3[nH]2)c1. The largest absolute Gasteiger partial charge is 0.356 e. The minimum absolute atomic E-state index is 0.0913. The van der Waals surface area contributed by atoms with Crippen molar-refractivity contribution in [3.05, 3.63) is 78.5 Å². The quantitative estimate of drug-likeness (QED) is 0.294. The average molecular weight is 492 g/mol. The van der Waals surface area contributed by atoms with Crippen LogP contribution in [0.4, 0.5) is 11.5 Å². The van der Waals surface area contributed by atoms with Crippen molar-refractivity contribution in [2.75, 3.05) is 23.3 Å². The number of fused-ring (bicyclic) bond motifs is 1. The number of hydrogen-bond acceptors (Lipinski definition) is 5. The minimum atomic E-state index is -0.0913. The number of nitrogens with zero attached hydrogens (tertiary/aromatic N) is 4. The van der Waals surface area contributed by atoms with Crippen molar-refractivity contribution in [3.63, 3.8) is 0 Å². The van der Waals surface area contributed by atoms with Crippen LogP contribution in [0.25, 0.3) is 33.5 Å². The summed E-state index contributed by atoms with van der Waals surface area (Å²) in [6.45, 7) is 5.38. The van der Waals surface area contributed by atoms with Crippen LogP contribution in [0.5, 0.6) is 0 Å². The van der Waals surface area contributed by atoms with Crippen LogP contribution in [0.1, 0.15) is 37.2 Å². The number of aromatic nitrogens is 5. The lowest BCUT2D eigenvalue weighted by atomic mass is 9.96. The number of aryl methyl sites for hydroxylation is 1. The highest BCUT2D eigenvalue weighted by Crippen LogP contribution is 2.34. The third-order valence-electron chi connectivity index (χ3n) is 7.05. The van der Waals surface area contributed by atoms with Crippen LogP contribution < -0.4 is 10.2 Å². The summed E-state index contributed by atoms with van der Waals surface area (Å²) in [5, 5.41) is 3.85. The van der Waals surface area contributed by atoms with Crippen molar-refractivity contribution in [1.29, 1.82) is 0 Å². The summed E-state index contributed by atoms with van der Waals surface area (Å²) in [6.07, 6.45) is 3.63. The number of aromatic amines is 2. The zero-order valence-electron chi connectivity index (χ0n) is 21.0. The summed E-state index contributed by atoms with van der Waals surface area (Å²) >= 11 is 0. The molecule has 6 rings (SSSR count). The fourth-order valence-corrected chi connectivity index (χ4v) is 5.23. The van der Waals surface area contributed by atoms with E-state index in [1.807, 2.05) is 30.3 Å². The minimum Gasteiger partial charge on any atom is -0.356 e. The van der Waals surface area contributed by atoms with E-state index in [-0.39, 0.29) is 5.91 Å². The Hall–Kier alpha value is -4.46. The number of benzene rings is 2. The van der Waals surface area contributed by atoms with Gasteiger partial charge in [0.1, 0.15) is 23.6 Å². The number of hydrogen-bond donors (Lipinski definition) is 3. The van der Waals surface area contributed by atoms with Gasteiger partial charge in [0.15, 0.2) is 0 Å². The van der Waals surface area contributed by atoms with Gasteiger partial charge in [0.2, 0.25) is 5.91 Å². The molecule has 3 N–H and O–H groups in total. The number of anilines is 2. The van der Waals surface area contributed by atoms with Crippen LogP contribution in [0.2, 0.25) is 0 Å². The van der Waals surface area contributed by atoms with Crippen molar-refractivity contribution in [1.82, 2.24) is 24.9 Å². The van der Waals surface area contributed by atoms with Gasteiger partial charge < -0.3 is 20.2 Å². The second-order valence-corrected chi connectivity index (χ2v) is 9.61. The molecule has 0 atom stereocenters. The number of imidazole rings is 1. The molecule has 37 heavy (non-hydrogen) atoms. The predicted octanol–water partition coefficient (Wildman–Crippen LogP) is 5.67. The first-order valence-electron chi connectivity index (χ1n) is 12.6. The molecule has 2 aromatic carbocycles. The molecule has 1 aliphatic heterocycles. The average Bonchev–Trinajstić information content (AvgIpc) is 3.53. The molecule has 1 amide bonds. The lowest BCUT2D eigenvalue weighted by Gasteiger charge is -2.32. The highest BCUT2D eigenvalue weighted by molar-refractivity contribution is 5.93. The Morgan fingerprint density at radius 2 is 1.76 bits per heavy atom. The molecule has 5 aromatic rings. The van der Waals surface area contributed by atoms with Crippen molar-refractivity contribution < 1.29 is 4.79 Å². The molecule has 3 aromatic heterocycles. The Morgan fingerprint density at radius 1 is 0.973 bits per heavy atom. The van der Waals surface area contributed by atoms with E-state index in [9.17, 15) is 4.79 Å². The number of piperidine rings is 1. The third kappa shape index (κ3) is 4.58. The highest BCUT2D eigenvalue weighted by Gasteiger charge is 2.26. The molecule has 0 unspecified atom stereocenters. The second-order valence-electron chi connectivity index (χ2n) is 9.61.